The number of hydrogen-bond donors (Lipinski definition) is 1. The van der Waals surface area contributed by atoms with Gasteiger partial charge < -0.3 is 10.1 Å². The molecular weight excluding hydrogens is 276 g/mol. The second kappa shape index (κ2) is 4.39. The van der Waals surface area contributed by atoms with Crippen LogP contribution in [0.25, 0.3) is 0 Å². The Bertz CT molecular complexity index is 432. The lowest BCUT2D eigenvalue weighted by Crippen LogP contribution is -2.50. The third-order valence-corrected chi connectivity index (χ3v) is 3.33. The largest absolute Gasteiger partial charge is 0.481 e. The predicted octanol–water partition coefficient (Wildman–Crippen LogP) is 2.02. The highest BCUT2D eigenvalue weighted by molar-refractivity contribution is 9.10. The van der Waals surface area contributed by atoms with Crippen LogP contribution in [0.4, 0.5) is 5.69 Å². The van der Waals surface area contributed by atoms with Gasteiger partial charge in [0.1, 0.15) is 6.10 Å². The standard InChI is InChI=1S/C10H11BrN2O3/c1-6-2-9(13(14)15)10(3-8(6)11)16-7-4-12-5-7/h2-3,7,12H,4-5H2,1H3. The van der Waals surface area contributed by atoms with E-state index in [-0.39, 0.29) is 11.8 Å². The van der Waals surface area contributed by atoms with Crippen molar-refractivity contribution in [1.29, 1.82) is 0 Å². The average molecular weight is 287 g/mol. The minimum absolute atomic E-state index is 0.0209. The minimum atomic E-state index is -0.416. The highest BCUT2D eigenvalue weighted by Crippen LogP contribution is 2.33. The summed E-state index contributed by atoms with van der Waals surface area (Å²) in [6, 6.07) is 3.18. The molecule has 1 N–H and O–H groups in total. The lowest BCUT2D eigenvalue weighted by atomic mass is 10.2. The van der Waals surface area contributed by atoms with Gasteiger partial charge in [0.25, 0.3) is 0 Å². The predicted molar refractivity (Wildman–Crippen MR) is 62.8 cm³/mol. The van der Waals surface area contributed by atoms with Gasteiger partial charge in [-0.05, 0) is 12.5 Å². The Morgan fingerprint density at radius 2 is 2.25 bits per heavy atom. The number of benzene rings is 1. The number of nitrogens with one attached hydrogen (secondary N) is 1. The van der Waals surface area contributed by atoms with E-state index in [4.69, 9.17) is 4.74 Å². The molecule has 0 bridgehead atoms. The third kappa shape index (κ3) is 2.17. The molecule has 0 atom stereocenters. The first kappa shape index (κ1) is 11.3. The molecule has 1 heterocycles. The second-order valence-corrected chi connectivity index (χ2v) is 4.58. The van der Waals surface area contributed by atoms with Gasteiger partial charge in [0.2, 0.25) is 0 Å². The zero-order valence-electron chi connectivity index (χ0n) is 8.70. The topological polar surface area (TPSA) is 64.4 Å². The molecule has 1 fully saturated rings. The first-order valence-corrected chi connectivity index (χ1v) is 5.69. The van der Waals surface area contributed by atoms with E-state index in [0.717, 1.165) is 23.1 Å². The zero-order valence-corrected chi connectivity index (χ0v) is 10.3. The maximum Gasteiger partial charge on any atom is 0.311 e. The molecule has 1 aliphatic rings. The van der Waals surface area contributed by atoms with Gasteiger partial charge in [0, 0.05) is 29.7 Å². The van der Waals surface area contributed by atoms with Gasteiger partial charge >= 0.3 is 5.69 Å². The number of nitro groups is 1. The minimum Gasteiger partial charge on any atom is -0.481 e. The highest BCUT2D eigenvalue weighted by atomic mass is 79.9. The molecule has 16 heavy (non-hydrogen) atoms. The van der Waals surface area contributed by atoms with Crippen LogP contribution in [0.5, 0.6) is 5.75 Å². The SMILES string of the molecule is Cc1cc([N+](=O)[O-])c(OC2CNC2)cc1Br. The maximum absolute atomic E-state index is 10.9. The molecule has 0 spiro atoms. The molecule has 1 saturated heterocycles. The lowest BCUT2D eigenvalue weighted by Gasteiger charge is -2.27. The molecule has 86 valence electrons. The summed E-state index contributed by atoms with van der Waals surface area (Å²) in [5.41, 5.74) is 0.846. The van der Waals surface area contributed by atoms with Crippen LogP contribution in [0.3, 0.4) is 0 Å². The first-order valence-electron chi connectivity index (χ1n) is 4.90. The van der Waals surface area contributed by atoms with Gasteiger partial charge in [-0.3, -0.25) is 10.1 Å². The van der Waals surface area contributed by atoms with Crippen molar-refractivity contribution in [3.05, 3.63) is 32.3 Å². The fourth-order valence-electron chi connectivity index (χ4n) is 1.41. The van der Waals surface area contributed by atoms with E-state index in [0.29, 0.717) is 5.75 Å². The Morgan fingerprint density at radius 1 is 1.56 bits per heavy atom. The van der Waals surface area contributed by atoms with Crippen LogP contribution in [0.15, 0.2) is 16.6 Å². The van der Waals surface area contributed by atoms with Gasteiger partial charge in [-0.2, -0.15) is 0 Å². The summed E-state index contributed by atoms with van der Waals surface area (Å²) >= 11 is 3.34. The van der Waals surface area contributed by atoms with Crippen molar-refractivity contribution < 1.29 is 9.66 Å². The van der Waals surface area contributed by atoms with Crippen LogP contribution in [0.2, 0.25) is 0 Å². The summed E-state index contributed by atoms with van der Waals surface area (Å²) in [4.78, 5) is 10.5. The molecule has 1 aromatic rings. The van der Waals surface area contributed by atoms with Crippen molar-refractivity contribution in [2.24, 2.45) is 0 Å². The fourth-order valence-corrected chi connectivity index (χ4v) is 1.73. The molecule has 2 rings (SSSR count). The molecular formula is C10H11BrN2O3. The Balaban J connectivity index is 2.32. The van der Waals surface area contributed by atoms with Crippen molar-refractivity contribution >= 4 is 21.6 Å². The molecule has 6 heteroatoms. The number of aryl methyl sites for hydroxylation is 1. The van der Waals surface area contributed by atoms with Crippen LogP contribution < -0.4 is 10.1 Å². The van der Waals surface area contributed by atoms with Crippen molar-refractivity contribution in [2.75, 3.05) is 13.1 Å². The molecule has 0 amide bonds. The van der Waals surface area contributed by atoms with E-state index in [2.05, 4.69) is 21.2 Å². The van der Waals surface area contributed by atoms with E-state index < -0.39 is 4.92 Å². The number of halogens is 1. The third-order valence-electron chi connectivity index (χ3n) is 2.47. The first-order chi connectivity index (χ1) is 7.58. The average Bonchev–Trinajstić information content (AvgIpc) is 2.16. The van der Waals surface area contributed by atoms with E-state index >= 15 is 0 Å². The van der Waals surface area contributed by atoms with Crippen molar-refractivity contribution in [3.8, 4) is 5.75 Å². The summed E-state index contributed by atoms with van der Waals surface area (Å²) in [6.07, 6.45) is 0.0355. The van der Waals surface area contributed by atoms with Crippen molar-refractivity contribution in [1.82, 2.24) is 5.32 Å². The molecule has 5 nitrogen and oxygen atoms in total. The van der Waals surface area contributed by atoms with Crippen LogP contribution in [0, 0.1) is 17.0 Å². The molecule has 0 aromatic heterocycles. The van der Waals surface area contributed by atoms with Gasteiger partial charge in [-0.1, -0.05) is 15.9 Å². The van der Waals surface area contributed by atoms with Crippen LogP contribution >= 0.6 is 15.9 Å². The summed E-state index contributed by atoms with van der Waals surface area (Å²) < 4.78 is 6.36. The Labute approximate surface area is 101 Å². The number of nitro benzene ring substituents is 1. The second-order valence-electron chi connectivity index (χ2n) is 3.72. The van der Waals surface area contributed by atoms with E-state index in [1.165, 1.54) is 6.07 Å². The molecule has 0 aliphatic carbocycles. The summed E-state index contributed by atoms with van der Waals surface area (Å²) in [5, 5.41) is 13.9. The molecule has 0 saturated carbocycles. The number of rotatable bonds is 3. The van der Waals surface area contributed by atoms with E-state index in [1.54, 1.807) is 6.07 Å². The maximum atomic E-state index is 10.9. The molecule has 0 unspecified atom stereocenters. The van der Waals surface area contributed by atoms with Gasteiger partial charge in [-0.25, -0.2) is 0 Å². The summed E-state index contributed by atoms with van der Waals surface area (Å²) in [6.45, 7) is 3.29. The summed E-state index contributed by atoms with van der Waals surface area (Å²) in [5.74, 6) is 0.328. The number of nitrogens with zero attached hydrogens (tertiary/aromatic N) is 1. The Kier molecular flexibility index (Phi) is 3.11. The lowest BCUT2D eigenvalue weighted by molar-refractivity contribution is -0.386. The quantitative estimate of drug-likeness (QED) is 0.682. The highest BCUT2D eigenvalue weighted by Gasteiger charge is 2.24. The van der Waals surface area contributed by atoms with Gasteiger partial charge in [0.05, 0.1) is 4.92 Å². The van der Waals surface area contributed by atoms with Gasteiger partial charge in [-0.15, -0.1) is 0 Å². The Morgan fingerprint density at radius 3 is 2.75 bits per heavy atom. The van der Waals surface area contributed by atoms with Crippen molar-refractivity contribution in [3.63, 3.8) is 0 Å². The Hall–Kier alpha value is -1.14. The van der Waals surface area contributed by atoms with Crippen LogP contribution in [-0.4, -0.2) is 24.1 Å². The monoisotopic (exact) mass is 286 g/mol. The summed E-state index contributed by atoms with van der Waals surface area (Å²) in [7, 11) is 0. The molecule has 1 aromatic carbocycles. The smallest absolute Gasteiger partial charge is 0.311 e. The van der Waals surface area contributed by atoms with E-state index in [9.17, 15) is 10.1 Å². The van der Waals surface area contributed by atoms with E-state index in [1.807, 2.05) is 6.92 Å². The molecule has 0 radical (unpaired) electrons. The van der Waals surface area contributed by atoms with Crippen molar-refractivity contribution in [2.45, 2.75) is 13.0 Å². The zero-order chi connectivity index (χ0) is 11.7. The normalized spacial score (nSPS) is 15.6. The molecule has 1 aliphatic heterocycles. The van der Waals surface area contributed by atoms with Gasteiger partial charge in [0.15, 0.2) is 5.75 Å². The van der Waals surface area contributed by atoms with Crippen LogP contribution in [-0.2, 0) is 0 Å². The van der Waals surface area contributed by atoms with Crippen LogP contribution in [0.1, 0.15) is 5.56 Å². The fraction of sp³-hybridized carbons (Fsp3) is 0.400. The number of hydrogen-bond acceptors (Lipinski definition) is 4. The number of ether oxygens (including phenoxy) is 1.